The summed E-state index contributed by atoms with van der Waals surface area (Å²) in [6.07, 6.45) is 5.13. The number of rotatable bonds is 1. The van der Waals surface area contributed by atoms with Crippen LogP contribution in [-0.4, -0.2) is 0 Å². The third-order valence-corrected chi connectivity index (χ3v) is 1.79. The van der Waals surface area contributed by atoms with Gasteiger partial charge in [-0.15, -0.1) is 6.42 Å². The SMILES string of the molecule is C#Cc1ccc(C(C)C)c(F)c1. The van der Waals surface area contributed by atoms with Gasteiger partial charge in [-0.05, 0) is 23.6 Å². The summed E-state index contributed by atoms with van der Waals surface area (Å²) < 4.78 is 13.2. The summed E-state index contributed by atoms with van der Waals surface area (Å²) in [6.45, 7) is 3.90. The van der Waals surface area contributed by atoms with Crippen LogP contribution in [0.3, 0.4) is 0 Å². The van der Waals surface area contributed by atoms with Crippen molar-refractivity contribution in [1.82, 2.24) is 0 Å². The minimum absolute atomic E-state index is 0.205. The summed E-state index contributed by atoms with van der Waals surface area (Å²) in [5.41, 5.74) is 1.31. The van der Waals surface area contributed by atoms with Crippen molar-refractivity contribution in [3.8, 4) is 12.3 Å². The van der Waals surface area contributed by atoms with Gasteiger partial charge in [0.05, 0.1) is 0 Å². The van der Waals surface area contributed by atoms with Gasteiger partial charge in [0.25, 0.3) is 0 Å². The van der Waals surface area contributed by atoms with Crippen LogP contribution in [0.25, 0.3) is 0 Å². The lowest BCUT2D eigenvalue weighted by atomic mass is 10.0. The van der Waals surface area contributed by atoms with Crippen molar-refractivity contribution >= 4 is 0 Å². The minimum atomic E-state index is -0.208. The van der Waals surface area contributed by atoms with Gasteiger partial charge >= 0.3 is 0 Å². The monoisotopic (exact) mass is 162 g/mol. The van der Waals surface area contributed by atoms with E-state index in [9.17, 15) is 4.39 Å². The van der Waals surface area contributed by atoms with Gasteiger partial charge in [0.15, 0.2) is 0 Å². The standard InChI is InChI=1S/C11H11F/c1-4-9-5-6-10(8(2)3)11(12)7-9/h1,5-8H,2-3H3. The quantitative estimate of drug-likeness (QED) is 0.557. The molecule has 0 aliphatic carbocycles. The number of hydrogen-bond donors (Lipinski definition) is 0. The van der Waals surface area contributed by atoms with E-state index < -0.39 is 0 Å². The average Bonchev–Trinajstić information content (AvgIpc) is 2.03. The van der Waals surface area contributed by atoms with E-state index in [0.29, 0.717) is 11.1 Å². The maximum absolute atomic E-state index is 13.2. The first-order valence-corrected chi connectivity index (χ1v) is 3.91. The molecule has 1 aromatic rings. The van der Waals surface area contributed by atoms with E-state index >= 15 is 0 Å². The summed E-state index contributed by atoms with van der Waals surface area (Å²) >= 11 is 0. The highest BCUT2D eigenvalue weighted by atomic mass is 19.1. The van der Waals surface area contributed by atoms with Gasteiger partial charge in [-0.2, -0.15) is 0 Å². The Morgan fingerprint density at radius 2 is 2.08 bits per heavy atom. The van der Waals surface area contributed by atoms with Crippen LogP contribution in [0.5, 0.6) is 0 Å². The van der Waals surface area contributed by atoms with Crippen molar-refractivity contribution in [3.05, 3.63) is 35.1 Å². The molecule has 0 aliphatic rings. The van der Waals surface area contributed by atoms with Crippen molar-refractivity contribution in [2.75, 3.05) is 0 Å². The Morgan fingerprint density at radius 3 is 2.50 bits per heavy atom. The highest BCUT2D eigenvalue weighted by molar-refractivity contribution is 5.36. The first kappa shape index (κ1) is 8.80. The Hall–Kier alpha value is -1.29. The van der Waals surface area contributed by atoms with Crippen LogP contribution in [0.4, 0.5) is 4.39 Å². The molecule has 0 fully saturated rings. The second-order valence-electron chi connectivity index (χ2n) is 3.04. The summed E-state index contributed by atoms with van der Waals surface area (Å²) in [5.74, 6) is 2.39. The van der Waals surface area contributed by atoms with Crippen LogP contribution in [0.2, 0.25) is 0 Å². The Kier molecular flexibility index (Phi) is 2.50. The molecule has 0 aliphatic heterocycles. The molecule has 0 radical (unpaired) electrons. The fourth-order valence-electron chi connectivity index (χ4n) is 1.09. The first-order valence-electron chi connectivity index (χ1n) is 3.91. The van der Waals surface area contributed by atoms with Gasteiger partial charge < -0.3 is 0 Å². The summed E-state index contributed by atoms with van der Waals surface area (Å²) in [6, 6.07) is 4.91. The van der Waals surface area contributed by atoms with Crippen molar-refractivity contribution in [2.24, 2.45) is 0 Å². The van der Waals surface area contributed by atoms with Crippen LogP contribution in [0.15, 0.2) is 18.2 Å². The number of benzene rings is 1. The molecular formula is C11H11F. The lowest BCUT2D eigenvalue weighted by Crippen LogP contribution is -1.92. The fourth-order valence-corrected chi connectivity index (χ4v) is 1.09. The van der Waals surface area contributed by atoms with Crippen LogP contribution < -0.4 is 0 Å². The van der Waals surface area contributed by atoms with Crippen LogP contribution in [-0.2, 0) is 0 Å². The van der Waals surface area contributed by atoms with Gasteiger partial charge in [0.1, 0.15) is 5.82 Å². The largest absolute Gasteiger partial charge is 0.207 e. The minimum Gasteiger partial charge on any atom is -0.207 e. The highest BCUT2D eigenvalue weighted by Crippen LogP contribution is 2.18. The van der Waals surface area contributed by atoms with Crippen molar-refractivity contribution < 1.29 is 4.39 Å². The maximum Gasteiger partial charge on any atom is 0.127 e. The van der Waals surface area contributed by atoms with Gasteiger partial charge in [0, 0.05) is 5.56 Å². The molecule has 0 N–H and O–H groups in total. The predicted molar refractivity (Wildman–Crippen MR) is 48.4 cm³/mol. The molecule has 12 heavy (non-hydrogen) atoms. The van der Waals surface area contributed by atoms with E-state index in [1.807, 2.05) is 13.8 Å². The van der Waals surface area contributed by atoms with Crippen LogP contribution in [0, 0.1) is 18.2 Å². The first-order chi connectivity index (χ1) is 5.65. The van der Waals surface area contributed by atoms with E-state index in [0.717, 1.165) is 0 Å². The molecule has 0 saturated heterocycles. The maximum atomic E-state index is 13.2. The zero-order valence-corrected chi connectivity index (χ0v) is 7.26. The van der Waals surface area contributed by atoms with E-state index in [2.05, 4.69) is 5.92 Å². The zero-order valence-electron chi connectivity index (χ0n) is 7.26. The van der Waals surface area contributed by atoms with Crippen molar-refractivity contribution in [3.63, 3.8) is 0 Å². The predicted octanol–water partition coefficient (Wildman–Crippen LogP) is 2.93. The smallest absolute Gasteiger partial charge is 0.127 e. The van der Waals surface area contributed by atoms with Gasteiger partial charge in [-0.1, -0.05) is 25.8 Å². The molecule has 1 heteroatoms. The molecule has 0 amide bonds. The Morgan fingerprint density at radius 1 is 1.42 bits per heavy atom. The van der Waals surface area contributed by atoms with E-state index in [1.165, 1.54) is 6.07 Å². The Balaban J connectivity index is 3.14. The molecule has 1 aromatic carbocycles. The molecule has 0 bridgehead atoms. The van der Waals surface area contributed by atoms with Crippen molar-refractivity contribution in [2.45, 2.75) is 19.8 Å². The number of hydrogen-bond acceptors (Lipinski definition) is 0. The third-order valence-electron chi connectivity index (χ3n) is 1.79. The summed E-state index contributed by atoms with van der Waals surface area (Å²) in [4.78, 5) is 0. The second-order valence-corrected chi connectivity index (χ2v) is 3.04. The highest BCUT2D eigenvalue weighted by Gasteiger charge is 2.05. The van der Waals surface area contributed by atoms with Gasteiger partial charge in [-0.3, -0.25) is 0 Å². The normalized spacial score (nSPS) is 9.92. The Labute approximate surface area is 72.4 Å². The van der Waals surface area contributed by atoms with E-state index in [1.54, 1.807) is 12.1 Å². The zero-order chi connectivity index (χ0) is 9.14. The molecule has 0 heterocycles. The summed E-state index contributed by atoms with van der Waals surface area (Å²) in [5, 5.41) is 0. The summed E-state index contributed by atoms with van der Waals surface area (Å²) in [7, 11) is 0. The van der Waals surface area contributed by atoms with Crippen LogP contribution in [0.1, 0.15) is 30.9 Å². The Bertz CT molecular complexity index is 318. The van der Waals surface area contributed by atoms with E-state index in [4.69, 9.17) is 6.42 Å². The lowest BCUT2D eigenvalue weighted by Gasteiger charge is -2.06. The number of terminal acetylenes is 1. The van der Waals surface area contributed by atoms with E-state index in [-0.39, 0.29) is 11.7 Å². The van der Waals surface area contributed by atoms with Crippen LogP contribution >= 0.6 is 0 Å². The number of halogens is 1. The average molecular weight is 162 g/mol. The third kappa shape index (κ3) is 1.65. The molecule has 62 valence electrons. The van der Waals surface area contributed by atoms with Crippen molar-refractivity contribution in [1.29, 1.82) is 0 Å². The fraction of sp³-hybridized carbons (Fsp3) is 0.273. The molecule has 0 saturated carbocycles. The molecule has 0 atom stereocenters. The molecule has 0 spiro atoms. The molecular weight excluding hydrogens is 151 g/mol. The second kappa shape index (κ2) is 3.40. The lowest BCUT2D eigenvalue weighted by molar-refractivity contribution is 0.598. The molecule has 1 rings (SSSR count). The van der Waals surface area contributed by atoms with Gasteiger partial charge in [0.2, 0.25) is 0 Å². The molecule has 0 unspecified atom stereocenters. The topological polar surface area (TPSA) is 0 Å². The molecule has 0 nitrogen and oxygen atoms in total. The molecule has 0 aromatic heterocycles. The van der Waals surface area contributed by atoms with Gasteiger partial charge in [-0.25, -0.2) is 4.39 Å².